The summed E-state index contributed by atoms with van der Waals surface area (Å²) in [4.78, 5) is 15.2. The molecule has 0 fully saturated rings. The number of nitrogens with one attached hydrogen (secondary N) is 2. The van der Waals surface area contributed by atoms with E-state index < -0.39 is 0 Å². The van der Waals surface area contributed by atoms with Crippen molar-refractivity contribution in [2.24, 2.45) is 0 Å². The van der Waals surface area contributed by atoms with Crippen LogP contribution in [0.5, 0.6) is 0 Å². The summed E-state index contributed by atoms with van der Waals surface area (Å²) in [6.45, 7) is 14.8. The number of hydrogen-bond donors (Lipinski definition) is 2. The highest BCUT2D eigenvalue weighted by atomic mass is 32.1. The van der Waals surface area contributed by atoms with E-state index in [4.69, 9.17) is 0 Å². The van der Waals surface area contributed by atoms with Crippen molar-refractivity contribution in [3.63, 3.8) is 0 Å². The topological polar surface area (TPSA) is 70.1 Å². The number of aromatic nitrogens is 2. The fourth-order valence-corrected chi connectivity index (χ4v) is 4.18. The minimum Gasteiger partial charge on any atom is -0.359 e. The Morgan fingerprint density at radius 1 is 0.966 bits per heavy atom. The molecule has 0 bridgehead atoms. The quantitative estimate of drug-likeness (QED) is 0.591. The highest BCUT2D eigenvalue weighted by molar-refractivity contribution is 7.19. The number of rotatable bonds is 9. The lowest BCUT2D eigenvalue weighted by molar-refractivity contribution is 0.102. The summed E-state index contributed by atoms with van der Waals surface area (Å²) in [6.07, 6.45) is 0. The van der Waals surface area contributed by atoms with Crippen molar-refractivity contribution in [2.75, 3.05) is 37.8 Å². The molecule has 0 saturated heterocycles. The third kappa shape index (κ3) is 6.00. The molecule has 0 aliphatic heterocycles. The number of nitrogens with zero attached hydrogens (tertiary/aromatic N) is 3. The van der Waals surface area contributed by atoms with E-state index in [-0.39, 0.29) is 11.8 Å². The fraction of sp³-hybridized carbons (Fsp3) is 0.591. The van der Waals surface area contributed by atoms with Gasteiger partial charge in [-0.05, 0) is 54.6 Å². The van der Waals surface area contributed by atoms with E-state index in [1.165, 1.54) is 22.5 Å². The lowest BCUT2D eigenvalue weighted by atomic mass is 9.80. The van der Waals surface area contributed by atoms with Gasteiger partial charge in [0.05, 0.1) is 0 Å². The summed E-state index contributed by atoms with van der Waals surface area (Å²) >= 11 is 1.36. The zero-order valence-electron chi connectivity index (χ0n) is 19.0. The van der Waals surface area contributed by atoms with Gasteiger partial charge in [0, 0.05) is 18.7 Å². The van der Waals surface area contributed by atoms with Crippen LogP contribution in [0.4, 0.5) is 10.3 Å². The van der Waals surface area contributed by atoms with Gasteiger partial charge in [0.15, 0.2) is 0 Å². The smallest absolute Gasteiger partial charge is 0.257 e. The van der Waals surface area contributed by atoms with Crippen molar-refractivity contribution in [3.8, 4) is 0 Å². The first-order valence-corrected chi connectivity index (χ1v) is 11.1. The zero-order chi connectivity index (χ0) is 21.7. The normalized spacial score (nSPS) is 11.7. The molecule has 0 aliphatic carbocycles. The lowest BCUT2D eigenvalue weighted by Gasteiger charge is -2.25. The minimum atomic E-state index is -0.123. The SMILES string of the molecule is CC(C)c1ccc(C(=O)Nc2nnc(NCCN(C)C)s2)c(C(C)C)c1C(C)C. The molecule has 0 spiro atoms. The van der Waals surface area contributed by atoms with Gasteiger partial charge in [0.2, 0.25) is 10.3 Å². The molecule has 6 nitrogen and oxygen atoms in total. The number of hydrogen-bond acceptors (Lipinski definition) is 6. The molecule has 1 aromatic heterocycles. The Bertz CT molecular complexity index is 827. The lowest BCUT2D eigenvalue weighted by Crippen LogP contribution is -2.20. The van der Waals surface area contributed by atoms with Crippen LogP contribution in [0.1, 0.15) is 86.3 Å². The molecule has 2 aromatic rings. The van der Waals surface area contributed by atoms with E-state index in [1.807, 2.05) is 20.2 Å². The summed E-state index contributed by atoms with van der Waals surface area (Å²) in [5.74, 6) is 0.902. The standard InChI is InChI=1S/C22H35N5OS/c1-13(2)16-9-10-17(19(15(5)6)18(16)14(3)4)20(28)24-22-26-25-21(29-22)23-11-12-27(7)8/h9-10,13-15H,11-12H2,1-8H3,(H,23,25)(H,24,26,28). The van der Waals surface area contributed by atoms with Gasteiger partial charge in [0.25, 0.3) is 5.91 Å². The van der Waals surface area contributed by atoms with Gasteiger partial charge in [-0.25, -0.2) is 0 Å². The van der Waals surface area contributed by atoms with Gasteiger partial charge >= 0.3 is 0 Å². The molecule has 0 radical (unpaired) electrons. The van der Waals surface area contributed by atoms with E-state index in [0.29, 0.717) is 22.1 Å². The van der Waals surface area contributed by atoms with E-state index in [0.717, 1.165) is 24.2 Å². The minimum absolute atomic E-state index is 0.123. The first-order chi connectivity index (χ1) is 13.6. The van der Waals surface area contributed by atoms with Crippen molar-refractivity contribution < 1.29 is 4.79 Å². The maximum Gasteiger partial charge on any atom is 0.257 e. The molecule has 1 heterocycles. The molecule has 2 N–H and O–H groups in total. The van der Waals surface area contributed by atoms with Gasteiger partial charge in [-0.1, -0.05) is 58.9 Å². The van der Waals surface area contributed by atoms with E-state index in [9.17, 15) is 4.79 Å². The first-order valence-electron chi connectivity index (χ1n) is 10.3. The van der Waals surface area contributed by atoms with Crippen molar-refractivity contribution in [3.05, 3.63) is 34.4 Å². The predicted octanol–water partition coefficient (Wildman–Crippen LogP) is 5.13. The largest absolute Gasteiger partial charge is 0.359 e. The molecule has 0 aliphatic rings. The van der Waals surface area contributed by atoms with Gasteiger partial charge in [-0.15, -0.1) is 10.2 Å². The Morgan fingerprint density at radius 3 is 2.14 bits per heavy atom. The number of carbonyl (C=O) groups is 1. The van der Waals surface area contributed by atoms with E-state index >= 15 is 0 Å². The predicted molar refractivity (Wildman–Crippen MR) is 124 cm³/mol. The molecular weight excluding hydrogens is 382 g/mol. The van der Waals surface area contributed by atoms with Gasteiger partial charge < -0.3 is 10.2 Å². The summed E-state index contributed by atoms with van der Waals surface area (Å²) in [5.41, 5.74) is 4.48. The van der Waals surface area contributed by atoms with Gasteiger partial charge in [-0.2, -0.15) is 0 Å². The van der Waals surface area contributed by atoms with Gasteiger partial charge in [0.1, 0.15) is 0 Å². The zero-order valence-corrected chi connectivity index (χ0v) is 19.8. The average molecular weight is 418 g/mol. The second kappa shape index (κ2) is 10.2. The van der Waals surface area contributed by atoms with Crippen LogP contribution in [0.25, 0.3) is 0 Å². The summed E-state index contributed by atoms with van der Waals surface area (Å²) < 4.78 is 0. The van der Waals surface area contributed by atoms with Crippen LogP contribution in [0.2, 0.25) is 0 Å². The average Bonchev–Trinajstić information content (AvgIpc) is 3.06. The van der Waals surface area contributed by atoms with Crippen molar-refractivity contribution in [2.45, 2.75) is 59.3 Å². The number of amides is 1. The highest BCUT2D eigenvalue weighted by Crippen LogP contribution is 2.36. The molecule has 160 valence electrons. The molecule has 0 atom stereocenters. The Labute approximate surface area is 179 Å². The van der Waals surface area contributed by atoms with Crippen LogP contribution in [0.15, 0.2) is 12.1 Å². The Hall–Kier alpha value is -1.99. The fourth-order valence-electron chi connectivity index (χ4n) is 3.52. The maximum absolute atomic E-state index is 13.1. The van der Waals surface area contributed by atoms with Gasteiger partial charge in [-0.3, -0.25) is 10.1 Å². The van der Waals surface area contributed by atoms with Crippen LogP contribution >= 0.6 is 11.3 Å². The van der Waals surface area contributed by atoms with E-state index in [2.05, 4.69) is 73.3 Å². The number of likely N-dealkylation sites (N-methyl/N-ethyl adjacent to an activating group) is 1. The van der Waals surface area contributed by atoms with E-state index in [1.54, 1.807) is 0 Å². The number of anilines is 2. The molecule has 2 rings (SSSR count). The third-order valence-electron chi connectivity index (χ3n) is 4.82. The summed E-state index contributed by atoms with van der Waals surface area (Å²) in [6, 6.07) is 4.07. The van der Waals surface area contributed by atoms with Crippen LogP contribution in [0, 0.1) is 0 Å². The third-order valence-corrected chi connectivity index (χ3v) is 5.62. The van der Waals surface area contributed by atoms with Crippen molar-refractivity contribution in [1.29, 1.82) is 0 Å². The van der Waals surface area contributed by atoms with Crippen LogP contribution in [0.3, 0.4) is 0 Å². The number of benzene rings is 1. The molecule has 1 amide bonds. The first kappa shape index (κ1) is 23.3. The molecule has 7 heteroatoms. The maximum atomic E-state index is 13.1. The number of carbonyl (C=O) groups excluding carboxylic acids is 1. The van der Waals surface area contributed by atoms with Crippen LogP contribution in [-0.2, 0) is 0 Å². The monoisotopic (exact) mass is 417 g/mol. The van der Waals surface area contributed by atoms with Crippen molar-refractivity contribution in [1.82, 2.24) is 15.1 Å². The summed E-state index contributed by atoms with van der Waals surface area (Å²) in [7, 11) is 4.05. The van der Waals surface area contributed by atoms with Crippen molar-refractivity contribution >= 4 is 27.5 Å². The Balaban J connectivity index is 2.27. The molecule has 0 unspecified atom stereocenters. The van der Waals surface area contributed by atoms with Crippen LogP contribution < -0.4 is 10.6 Å². The molecule has 0 saturated carbocycles. The Kier molecular flexibility index (Phi) is 8.16. The molecule has 1 aromatic carbocycles. The summed E-state index contributed by atoms with van der Waals surface area (Å²) in [5, 5.41) is 15.6. The Morgan fingerprint density at radius 2 is 1.59 bits per heavy atom. The highest BCUT2D eigenvalue weighted by Gasteiger charge is 2.23. The van der Waals surface area contributed by atoms with Crippen LogP contribution in [-0.4, -0.2) is 48.2 Å². The molecule has 29 heavy (non-hydrogen) atoms. The second-order valence-electron chi connectivity index (χ2n) is 8.59. The molecular formula is C22H35N5OS. The second-order valence-corrected chi connectivity index (χ2v) is 9.57.